The Morgan fingerprint density at radius 1 is 1.09 bits per heavy atom. The first-order valence-corrected chi connectivity index (χ1v) is 10.6. The number of pyridine rings is 1. The Kier molecular flexibility index (Phi) is 6.93. The summed E-state index contributed by atoms with van der Waals surface area (Å²) in [6, 6.07) is 16.4. The number of carbonyl (C=O) groups excluding carboxylic acids is 1. The van der Waals surface area contributed by atoms with E-state index in [2.05, 4.69) is 15.5 Å². The predicted molar refractivity (Wildman–Crippen MR) is 125 cm³/mol. The zero-order chi connectivity index (χ0) is 24.1. The van der Waals surface area contributed by atoms with Crippen LogP contribution in [0.4, 0.5) is 0 Å². The zero-order valence-corrected chi connectivity index (χ0v) is 19.1. The van der Waals surface area contributed by atoms with Crippen molar-refractivity contribution >= 4 is 17.0 Å². The number of aromatic nitrogens is 2. The number of benzene rings is 2. The summed E-state index contributed by atoms with van der Waals surface area (Å²) >= 11 is 0. The molecule has 0 aliphatic carbocycles. The highest BCUT2D eigenvalue weighted by atomic mass is 16.5. The molecule has 0 aliphatic heterocycles. The molecular weight excluding hydrogens is 438 g/mol. The van der Waals surface area contributed by atoms with E-state index in [0.717, 1.165) is 5.56 Å². The molecule has 0 aliphatic rings. The molecule has 34 heavy (non-hydrogen) atoms. The third-order valence-corrected chi connectivity index (χ3v) is 5.23. The van der Waals surface area contributed by atoms with E-state index in [-0.39, 0.29) is 24.8 Å². The fourth-order valence-electron chi connectivity index (χ4n) is 3.53. The van der Waals surface area contributed by atoms with Gasteiger partial charge in [0.25, 0.3) is 11.6 Å². The zero-order valence-electron chi connectivity index (χ0n) is 19.1. The number of hydrogen-bond acceptors (Lipinski definition) is 8. The summed E-state index contributed by atoms with van der Waals surface area (Å²) in [4.78, 5) is 17.6. The third kappa shape index (κ3) is 4.79. The first kappa shape index (κ1) is 23.1. The molecule has 2 aromatic carbocycles. The van der Waals surface area contributed by atoms with Gasteiger partial charge in [-0.1, -0.05) is 41.6 Å². The SMILES string of the molecule is COc1cccc(OC)c1OCC(O)CNC(=O)c1cc(-c2ccccc2)nc2onc(C)c12. The number of aliphatic hydroxyl groups excluding tert-OH is 1. The summed E-state index contributed by atoms with van der Waals surface area (Å²) in [5, 5.41) is 17.7. The van der Waals surface area contributed by atoms with Crippen molar-refractivity contribution in [3.63, 3.8) is 0 Å². The van der Waals surface area contributed by atoms with Gasteiger partial charge >= 0.3 is 0 Å². The summed E-state index contributed by atoms with van der Waals surface area (Å²) in [6.45, 7) is 1.63. The molecule has 2 aromatic heterocycles. The second-order valence-electron chi connectivity index (χ2n) is 7.54. The van der Waals surface area contributed by atoms with Crippen LogP contribution >= 0.6 is 0 Å². The molecule has 1 unspecified atom stereocenters. The molecule has 0 radical (unpaired) electrons. The fourth-order valence-corrected chi connectivity index (χ4v) is 3.53. The van der Waals surface area contributed by atoms with Crippen LogP contribution in [0.2, 0.25) is 0 Å². The van der Waals surface area contributed by atoms with Crippen molar-refractivity contribution in [1.29, 1.82) is 0 Å². The lowest BCUT2D eigenvalue weighted by molar-refractivity contribution is 0.0835. The molecule has 0 spiro atoms. The predicted octanol–water partition coefficient (Wildman–Crippen LogP) is 3.39. The number of nitrogens with zero attached hydrogens (tertiary/aromatic N) is 2. The number of ether oxygens (including phenoxy) is 3. The number of methoxy groups -OCH3 is 2. The number of amides is 1. The maximum atomic E-state index is 13.1. The van der Waals surface area contributed by atoms with Crippen molar-refractivity contribution in [3.05, 3.63) is 65.9 Å². The van der Waals surface area contributed by atoms with Gasteiger partial charge in [0, 0.05) is 12.1 Å². The number of aliphatic hydroxyl groups is 1. The van der Waals surface area contributed by atoms with Gasteiger partial charge in [-0.2, -0.15) is 0 Å². The van der Waals surface area contributed by atoms with Gasteiger partial charge in [-0.25, -0.2) is 4.98 Å². The van der Waals surface area contributed by atoms with Crippen molar-refractivity contribution in [2.24, 2.45) is 0 Å². The second kappa shape index (κ2) is 10.2. The van der Waals surface area contributed by atoms with E-state index in [1.54, 1.807) is 31.2 Å². The third-order valence-electron chi connectivity index (χ3n) is 5.23. The normalized spacial score (nSPS) is 11.8. The highest BCUT2D eigenvalue weighted by Crippen LogP contribution is 2.36. The molecule has 9 heteroatoms. The molecule has 2 heterocycles. The van der Waals surface area contributed by atoms with Crippen LogP contribution in [0.25, 0.3) is 22.4 Å². The number of hydrogen-bond donors (Lipinski definition) is 2. The number of carbonyl (C=O) groups is 1. The molecule has 2 N–H and O–H groups in total. The van der Waals surface area contributed by atoms with Crippen LogP contribution in [0, 0.1) is 6.92 Å². The van der Waals surface area contributed by atoms with E-state index in [0.29, 0.717) is 39.6 Å². The molecule has 1 atom stereocenters. The Labute approximate surface area is 196 Å². The summed E-state index contributed by atoms with van der Waals surface area (Å²) in [5.74, 6) is 0.948. The van der Waals surface area contributed by atoms with Gasteiger partial charge in [0.05, 0.1) is 36.6 Å². The van der Waals surface area contributed by atoms with E-state index < -0.39 is 6.10 Å². The van der Waals surface area contributed by atoms with Gasteiger partial charge in [-0.15, -0.1) is 0 Å². The van der Waals surface area contributed by atoms with Gasteiger partial charge in [-0.05, 0) is 25.1 Å². The summed E-state index contributed by atoms with van der Waals surface area (Å²) in [6.07, 6.45) is -0.979. The number of nitrogens with one attached hydrogen (secondary N) is 1. The maximum absolute atomic E-state index is 13.1. The molecule has 0 fully saturated rings. The van der Waals surface area contributed by atoms with E-state index in [9.17, 15) is 9.90 Å². The smallest absolute Gasteiger partial charge is 0.259 e. The highest BCUT2D eigenvalue weighted by Gasteiger charge is 2.20. The lowest BCUT2D eigenvalue weighted by Gasteiger charge is -2.17. The van der Waals surface area contributed by atoms with Crippen LogP contribution in [0.3, 0.4) is 0 Å². The van der Waals surface area contributed by atoms with Crippen molar-refractivity contribution in [1.82, 2.24) is 15.5 Å². The molecule has 4 aromatic rings. The Balaban J connectivity index is 1.48. The number of para-hydroxylation sites is 1. The van der Waals surface area contributed by atoms with Crippen LogP contribution in [0.1, 0.15) is 16.1 Å². The van der Waals surface area contributed by atoms with Gasteiger partial charge in [0.1, 0.15) is 12.7 Å². The first-order valence-electron chi connectivity index (χ1n) is 10.6. The van der Waals surface area contributed by atoms with Crippen LogP contribution in [-0.4, -0.2) is 54.6 Å². The Bertz CT molecular complexity index is 1270. The van der Waals surface area contributed by atoms with Gasteiger partial charge < -0.3 is 29.2 Å². The molecule has 0 bridgehead atoms. The minimum Gasteiger partial charge on any atom is -0.493 e. The van der Waals surface area contributed by atoms with Gasteiger partial charge in [0.2, 0.25) is 5.75 Å². The fraction of sp³-hybridized carbons (Fsp3) is 0.240. The van der Waals surface area contributed by atoms with Crippen LogP contribution < -0.4 is 19.5 Å². The number of fused-ring (bicyclic) bond motifs is 1. The average Bonchev–Trinajstić information content (AvgIpc) is 3.26. The Hall–Kier alpha value is -4.11. The van der Waals surface area contributed by atoms with Crippen LogP contribution in [0.15, 0.2) is 59.1 Å². The first-order chi connectivity index (χ1) is 16.5. The largest absolute Gasteiger partial charge is 0.493 e. The number of aryl methyl sites for hydroxylation is 1. The molecular formula is C25H25N3O6. The summed E-state index contributed by atoms with van der Waals surface area (Å²) in [5.41, 5.74) is 2.62. The molecule has 0 saturated carbocycles. The Morgan fingerprint density at radius 2 is 1.79 bits per heavy atom. The molecule has 0 saturated heterocycles. The average molecular weight is 463 g/mol. The van der Waals surface area contributed by atoms with Crippen molar-refractivity contribution < 1.29 is 28.6 Å². The van der Waals surface area contributed by atoms with E-state index in [1.807, 2.05) is 30.3 Å². The van der Waals surface area contributed by atoms with Crippen molar-refractivity contribution in [2.45, 2.75) is 13.0 Å². The standard InChI is InChI=1S/C25H25N3O6/c1-15-22-18(12-19(27-25(22)34-28-15)16-8-5-4-6-9-16)24(30)26-13-17(29)14-33-23-20(31-2)10-7-11-21(23)32-3/h4-12,17,29H,13-14H2,1-3H3,(H,26,30). The molecule has 9 nitrogen and oxygen atoms in total. The molecule has 1 amide bonds. The minimum absolute atomic E-state index is 0.0366. The number of rotatable bonds is 9. The lowest BCUT2D eigenvalue weighted by Crippen LogP contribution is -2.35. The Morgan fingerprint density at radius 3 is 2.47 bits per heavy atom. The topological polar surface area (TPSA) is 116 Å². The van der Waals surface area contributed by atoms with E-state index in [1.165, 1.54) is 14.2 Å². The highest BCUT2D eigenvalue weighted by molar-refractivity contribution is 6.07. The lowest BCUT2D eigenvalue weighted by atomic mass is 10.1. The van der Waals surface area contributed by atoms with E-state index in [4.69, 9.17) is 18.7 Å². The summed E-state index contributed by atoms with van der Waals surface area (Å²) in [7, 11) is 3.04. The van der Waals surface area contributed by atoms with Crippen molar-refractivity contribution in [2.75, 3.05) is 27.4 Å². The van der Waals surface area contributed by atoms with Crippen LogP contribution in [0.5, 0.6) is 17.2 Å². The van der Waals surface area contributed by atoms with Crippen LogP contribution in [-0.2, 0) is 0 Å². The minimum atomic E-state index is -0.979. The van der Waals surface area contributed by atoms with Gasteiger partial charge in [-0.3, -0.25) is 4.79 Å². The quantitative estimate of drug-likeness (QED) is 0.388. The van der Waals surface area contributed by atoms with Gasteiger partial charge in [0.15, 0.2) is 11.5 Å². The monoisotopic (exact) mass is 463 g/mol. The summed E-state index contributed by atoms with van der Waals surface area (Å²) < 4.78 is 21.6. The second-order valence-corrected chi connectivity index (χ2v) is 7.54. The molecule has 176 valence electrons. The maximum Gasteiger partial charge on any atom is 0.259 e. The molecule has 4 rings (SSSR count). The van der Waals surface area contributed by atoms with Crippen molar-refractivity contribution in [3.8, 4) is 28.5 Å². The van der Waals surface area contributed by atoms with E-state index >= 15 is 0 Å².